The zero-order chi connectivity index (χ0) is 27.4. The van der Waals surface area contributed by atoms with E-state index in [0.717, 1.165) is 0 Å². The van der Waals surface area contributed by atoms with Crippen molar-refractivity contribution in [1.29, 1.82) is 0 Å². The zero-order valence-electron chi connectivity index (χ0n) is 24.7. The Balaban J connectivity index is 0. The van der Waals surface area contributed by atoms with Gasteiger partial charge in [-0.25, -0.2) is 0 Å². The van der Waals surface area contributed by atoms with Crippen LogP contribution in [0.25, 0.3) is 0 Å². The van der Waals surface area contributed by atoms with Gasteiger partial charge in [-0.1, -0.05) is 0 Å². The van der Waals surface area contributed by atoms with Gasteiger partial charge in [0.1, 0.15) is 0 Å². The second-order valence-electron chi connectivity index (χ2n) is 10.6. The minimum absolute atomic E-state index is 1.35. The average Bonchev–Trinajstić information content (AvgIpc) is 2.83. The third-order valence-corrected chi connectivity index (χ3v) is 34.2. The van der Waals surface area contributed by atoms with Crippen LogP contribution in [0.5, 0.6) is 0 Å². The molecule has 0 aliphatic heterocycles. The Bertz CT molecular complexity index is 386. The summed E-state index contributed by atoms with van der Waals surface area (Å²) in [4.78, 5) is 0. The van der Waals surface area contributed by atoms with Gasteiger partial charge >= 0.3 is 265 Å². The van der Waals surface area contributed by atoms with Crippen LogP contribution in [0.3, 0.4) is 0 Å². The molecule has 0 heterocycles. The molecule has 0 spiro atoms. The van der Waals surface area contributed by atoms with E-state index >= 15 is 0 Å². The molecule has 0 saturated carbocycles. The summed E-state index contributed by atoms with van der Waals surface area (Å²) in [6.45, 7) is 9.15. The molecule has 6 heteroatoms. The minimum atomic E-state index is -1.74. The summed E-state index contributed by atoms with van der Waals surface area (Å²) in [6, 6.07) is 0. The Kier molecular flexibility index (Phi) is 36.4. The number of rotatable bonds is 26. The molecule has 0 radical (unpaired) electrons. The van der Waals surface area contributed by atoms with Gasteiger partial charge in [-0.05, 0) is 0 Å². The molecule has 0 amide bonds. The normalized spacial score (nSPS) is 12.9. The third kappa shape index (κ3) is 35.5. The monoisotopic (exact) mass is 1000 g/mol. The molecule has 0 saturated heterocycles. The molecule has 0 N–H and O–H groups in total. The quantitative estimate of drug-likeness (QED) is 0.0598. The molecule has 0 aromatic heterocycles. The molecule has 0 fully saturated rings. The van der Waals surface area contributed by atoms with Crippen molar-refractivity contribution in [3.05, 3.63) is 0 Å². The first-order valence-electron chi connectivity index (χ1n) is 15.6. The van der Waals surface area contributed by atoms with Crippen LogP contribution in [0.15, 0.2) is 0 Å². The van der Waals surface area contributed by atoms with Gasteiger partial charge in [0.25, 0.3) is 0 Å². The van der Waals surface area contributed by atoms with Crippen molar-refractivity contribution in [2.75, 3.05) is 0 Å². The van der Waals surface area contributed by atoms with E-state index in [4.69, 9.17) is 0 Å². The summed E-state index contributed by atoms with van der Waals surface area (Å²) >= 11 is 12.7. The first-order valence-corrected chi connectivity index (χ1v) is 43.1. The van der Waals surface area contributed by atoms with Crippen molar-refractivity contribution < 1.29 is 0 Å². The van der Waals surface area contributed by atoms with Crippen molar-refractivity contribution in [2.24, 2.45) is 0 Å². The predicted molar refractivity (Wildman–Crippen MR) is 191 cm³/mol. The van der Waals surface area contributed by atoms with Gasteiger partial charge in [0.15, 0.2) is 0 Å². The second-order valence-corrected chi connectivity index (χ2v) is 68.1. The van der Waals surface area contributed by atoms with Crippen LogP contribution in [0.1, 0.15) is 169 Å². The first-order chi connectivity index (χ1) is 17.2. The van der Waals surface area contributed by atoms with Crippen LogP contribution in [-0.4, -0.2) is 27.5 Å². The van der Waals surface area contributed by atoms with Crippen molar-refractivity contribution in [3.8, 4) is 0 Å². The summed E-state index contributed by atoms with van der Waals surface area (Å²) in [5, 5.41) is 0. The number of unbranched alkanes of at least 4 members (excludes halogenated alkanes) is 18. The molecule has 0 nitrogen and oxygen atoms in total. The molecule has 0 aliphatic rings. The fourth-order valence-corrected chi connectivity index (χ4v) is 24.8. The van der Waals surface area contributed by atoms with Crippen LogP contribution in [0.4, 0.5) is 0 Å². The third-order valence-electron chi connectivity index (χ3n) is 6.69. The van der Waals surface area contributed by atoms with Crippen LogP contribution in [-0.2, 0) is 0 Å². The van der Waals surface area contributed by atoms with Crippen molar-refractivity contribution in [1.82, 2.24) is 0 Å². The van der Waals surface area contributed by atoms with Gasteiger partial charge in [0, 0.05) is 0 Å². The summed E-state index contributed by atoms with van der Waals surface area (Å²) < 4.78 is 5.84. The molecule has 0 aliphatic carbocycles. The Morgan fingerprint density at radius 3 is 0.639 bits per heavy atom. The van der Waals surface area contributed by atoms with Crippen LogP contribution < -0.4 is 0 Å². The van der Waals surface area contributed by atoms with Gasteiger partial charge in [-0.3, -0.25) is 0 Å². The molecule has 0 aromatic rings. The number of hydrogen-bond donors (Lipinski definition) is 0. The van der Waals surface area contributed by atoms with Crippen molar-refractivity contribution in [3.63, 3.8) is 0 Å². The van der Waals surface area contributed by atoms with Gasteiger partial charge in [0.05, 0.1) is 0 Å². The van der Waals surface area contributed by atoms with E-state index in [9.17, 15) is 0 Å². The van der Waals surface area contributed by atoms with Gasteiger partial charge < -0.3 is 0 Å². The van der Waals surface area contributed by atoms with E-state index in [1.54, 1.807) is 0 Å². The standard InChI is InChI=1S/C16H34Br2Te.C14H30Br2Te/c1-3-5-7-9-11-13-15-19(17,18)16-14-12-10-8-6-4-2;1-3-5-7-9-11-13-17(15,16)14-12-10-8-6-4-2/h3-16H2,1-2H3;3-14H2,1-2H3. The van der Waals surface area contributed by atoms with Crippen molar-refractivity contribution >= 4 is 78.6 Å². The molecule has 0 aromatic carbocycles. The molecule has 36 heavy (non-hydrogen) atoms. The predicted octanol–water partition coefficient (Wildman–Crippen LogP) is 15.1. The molecule has 0 atom stereocenters. The molecule has 0 unspecified atom stereocenters. The van der Waals surface area contributed by atoms with Crippen LogP contribution in [0, 0.1) is 0 Å². The molecule has 0 bridgehead atoms. The molecule has 0 rings (SSSR count). The molecule has 224 valence electrons. The maximum absolute atomic E-state index is 4.05. The molecular weight excluding hydrogens is 935 g/mol. The summed E-state index contributed by atoms with van der Waals surface area (Å²) in [5.74, 6) is 0. The maximum atomic E-state index is 4.05. The van der Waals surface area contributed by atoms with Crippen LogP contribution >= 0.6 is 51.0 Å². The Hall–Kier alpha value is 3.50. The van der Waals surface area contributed by atoms with E-state index in [1.165, 1.54) is 159 Å². The SMILES string of the molecule is CCCCCCCC[Te](Br)(Br)CCCCCCCC.CCCCCCC[Te](Br)(Br)CCCCCCC. The van der Waals surface area contributed by atoms with Gasteiger partial charge in [-0.15, -0.1) is 0 Å². The number of hydrogen-bond acceptors (Lipinski definition) is 0. The average molecular weight is 1000 g/mol. The van der Waals surface area contributed by atoms with E-state index in [1.807, 2.05) is 0 Å². The Morgan fingerprint density at radius 1 is 0.278 bits per heavy atom. The van der Waals surface area contributed by atoms with E-state index < -0.39 is 27.5 Å². The summed E-state index contributed by atoms with van der Waals surface area (Å²) in [6.07, 6.45) is 31.3. The first kappa shape index (κ1) is 41.6. The van der Waals surface area contributed by atoms with Crippen molar-refractivity contribution in [2.45, 2.75) is 187 Å². The Morgan fingerprint density at radius 2 is 0.444 bits per heavy atom. The summed E-state index contributed by atoms with van der Waals surface area (Å²) in [5.41, 5.74) is 0. The topological polar surface area (TPSA) is 0 Å². The van der Waals surface area contributed by atoms with Gasteiger partial charge in [-0.2, -0.15) is 0 Å². The summed E-state index contributed by atoms with van der Waals surface area (Å²) in [7, 11) is 0. The number of halogens is 4. The van der Waals surface area contributed by atoms with E-state index in [0.29, 0.717) is 0 Å². The fourth-order valence-electron chi connectivity index (χ4n) is 4.22. The second kappa shape index (κ2) is 31.4. The van der Waals surface area contributed by atoms with Crippen LogP contribution in [0.2, 0.25) is 17.9 Å². The van der Waals surface area contributed by atoms with Gasteiger partial charge in [0.2, 0.25) is 0 Å². The Labute approximate surface area is 262 Å². The van der Waals surface area contributed by atoms with E-state index in [2.05, 4.69) is 78.7 Å². The fraction of sp³-hybridized carbons (Fsp3) is 1.00. The van der Waals surface area contributed by atoms with E-state index in [-0.39, 0.29) is 0 Å². The zero-order valence-corrected chi connectivity index (χ0v) is 35.7. The molecular formula is C30H64Br4Te2.